The maximum Gasteiger partial charge on any atom is 0.237 e. The second kappa shape index (κ2) is 6.60. The first-order valence-electron chi connectivity index (χ1n) is 5.21. The monoisotopic (exact) mass is 242 g/mol. The van der Waals surface area contributed by atoms with E-state index < -0.39 is 6.04 Å². The fraction of sp³-hybridized carbons (Fsp3) is 0.545. The van der Waals surface area contributed by atoms with Gasteiger partial charge in [-0.05, 0) is 37.5 Å². The quantitative estimate of drug-likeness (QED) is 0.788. The van der Waals surface area contributed by atoms with Crippen molar-refractivity contribution >= 4 is 17.7 Å². The van der Waals surface area contributed by atoms with E-state index in [0.717, 1.165) is 17.3 Å². The fourth-order valence-corrected chi connectivity index (χ4v) is 1.75. The van der Waals surface area contributed by atoms with Crippen LogP contribution in [0.4, 0.5) is 0 Å². The molecule has 0 radical (unpaired) electrons. The van der Waals surface area contributed by atoms with Gasteiger partial charge in [0.25, 0.3) is 0 Å². The van der Waals surface area contributed by atoms with Crippen LogP contribution >= 0.6 is 11.8 Å². The zero-order valence-corrected chi connectivity index (χ0v) is 10.5. The van der Waals surface area contributed by atoms with E-state index in [2.05, 4.69) is 5.32 Å². The van der Waals surface area contributed by atoms with Gasteiger partial charge in [0.15, 0.2) is 0 Å². The number of aryl methyl sites for hydroxylation is 1. The van der Waals surface area contributed by atoms with Crippen LogP contribution in [0.1, 0.15) is 17.9 Å². The van der Waals surface area contributed by atoms with Crippen LogP contribution in [0.5, 0.6) is 0 Å². The van der Waals surface area contributed by atoms with Crippen molar-refractivity contribution in [3.8, 4) is 0 Å². The van der Waals surface area contributed by atoms with Crippen LogP contribution in [0.2, 0.25) is 0 Å². The highest BCUT2D eigenvalue weighted by atomic mass is 32.2. The second-order valence-corrected chi connectivity index (χ2v) is 4.60. The molecule has 1 amide bonds. The van der Waals surface area contributed by atoms with Crippen molar-refractivity contribution in [1.29, 1.82) is 0 Å². The standard InChI is InChI=1S/C11H18N2O2S/c1-8-3-4-9(15-8)7-13-11(14)10(12)5-6-16-2/h3-4,10H,5-7,12H2,1-2H3,(H,13,14)/t10-/m1/s1. The van der Waals surface area contributed by atoms with Gasteiger partial charge in [-0.25, -0.2) is 0 Å². The summed E-state index contributed by atoms with van der Waals surface area (Å²) >= 11 is 1.69. The van der Waals surface area contributed by atoms with Gasteiger partial charge in [-0.2, -0.15) is 11.8 Å². The van der Waals surface area contributed by atoms with E-state index in [0.29, 0.717) is 13.0 Å². The molecule has 3 N–H and O–H groups in total. The highest BCUT2D eigenvalue weighted by Gasteiger charge is 2.12. The number of nitrogens with one attached hydrogen (secondary N) is 1. The SMILES string of the molecule is CSCC[C@@H](N)C(=O)NCc1ccc(C)o1. The van der Waals surface area contributed by atoms with Gasteiger partial charge in [-0.15, -0.1) is 0 Å². The van der Waals surface area contributed by atoms with Crippen molar-refractivity contribution in [2.75, 3.05) is 12.0 Å². The molecule has 0 aromatic carbocycles. The Morgan fingerprint density at radius 2 is 2.38 bits per heavy atom. The van der Waals surface area contributed by atoms with E-state index in [-0.39, 0.29) is 5.91 Å². The molecule has 90 valence electrons. The van der Waals surface area contributed by atoms with Crippen molar-refractivity contribution in [1.82, 2.24) is 5.32 Å². The van der Waals surface area contributed by atoms with E-state index in [1.54, 1.807) is 11.8 Å². The summed E-state index contributed by atoms with van der Waals surface area (Å²) in [6.45, 7) is 2.27. The molecule has 0 unspecified atom stereocenters. The van der Waals surface area contributed by atoms with Gasteiger partial charge < -0.3 is 15.5 Å². The Hall–Kier alpha value is -0.940. The van der Waals surface area contributed by atoms with Crippen LogP contribution < -0.4 is 11.1 Å². The maximum atomic E-state index is 11.5. The van der Waals surface area contributed by atoms with E-state index in [1.165, 1.54) is 0 Å². The number of rotatable bonds is 6. The minimum absolute atomic E-state index is 0.122. The number of thioether (sulfide) groups is 1. The average molecular weight is 242 g/mol. The van der Waals surface area contributed by atoms with Gasteiger partial charge >= 0.3 is 0 Å². The fourth-order valence-electron chi connectivity index (χ4n) is 1.26. The van der Waals surface area contributed by atoms with Crippen molar-refractivity contribution in [3.63, 3.8) is 0 Å². The molecule has 1 heterocycles. The predicted molar refractivity (Wildman–Crippen MR) is 66.3 cm³/mol. The molecule has 0 saturated carbocycles. The predicted octanol–water partition coefficient (Wildman–Crippen LogP) is 1.28. The smallest absolute Gasteiger partial charge is 0.237 e. The van der Waals surface area contributed by atoms with Gasteiger partial charge in [-0.1, -0.05) is 0 Å². The molecular formula is C11H18N2O2S. The van der Waals surface area contributed by atoms with Crippen molar-refractivity contribution < 1.29 is 9.21 Å². The maximum absolute atomic E-state index is 11.5. The zero-order chi connectivity index (χ0) is 12.0. The normalized spacial score (nSPS) is 12.4. The lowest BCUT2D eigenvalue weighted by molar-refractivity contribution is -0.122. The van der Waals surface area contributed by atoms with Crippen LogP contribution in [0.15, 0.2) is 16.5 Å². The summed E-state index contributed by atoms with van der Waals surface area (Å²) in [7, 11) is 0. The molecule has 0 spiro atoms. The first-order valence-corrected chi connectivity index (χ1v) is 6.60. The summed E-state index contributed by atoms with van der Waals surface area (Å²) in [6, 6.07) is 3.29. The number of furan rings is 1. The Morgan fingerprint density at radius 3 is 2.94 bits per heavy atom. The van der Waals surface area contributed by atoms with E-state index in [4.69, 9.17) is 10.2 Å². The molecule has 0 saturated heterocycles. The first kappa shape index (κ1) is 13.1. The van der Waals surface area contributed by atoms with Crippen molar-refractivity contribution in [2.45, 2.75) is 25.9 Å². The molecule has 1 atom stereocenters. The minimum atomic E-state index is -0.427. The molecule has 0 aliphatic rings. The minimum Gasteiger partial charge on any atom is -0.465 e. The van der Waals surface area contributed by atoms with Crippen LogP contribution in [-0.2, 0) is 11.3 Å². The summed E-state index contributed by atoms with van der Waals surface area (Å²) in [5.41, 5.74) is 5.72. The third-order valence-corrected chi connectivity index (χ3v) is 2.85. The third kappa shape index (κ3) is 4.28. The van der Waals surface area contributed by atoms with E-state index >= 15 is 0 Å². The number of hydrogen-bond donors (Lipinski definition) is 2. The van der Waals surface area contributed by atoms with E-state index in [9.17, 15) is 4.79 Å². The average Bonchev–Trinajstić information content (AvgIpc) is 2.68. The molecule has 4 nitrogen and oxygen atoms in total. The van der Waals surface area contributed by atoms with Gasteiger partial charge in [-0.3, -0.25) is 4.79 Å². The summed E-state index contributed by atoms with van der Waals surface area (Å²) in [6.07, 6.45) is 2.69. The van der Waals surface area contributed by atoms with E-state index in [1.807, 2.05) is 25.3 Å². The number of nitrogens with two attached hydrogens (primary N) is 1. The highest BCUT2D eigenvalue weighted by Crippen LogP contribution is 2.05. The molecule has 0 bridgehead atoms. The van der Waals surface area contributed by atoms with Crippen molar-refractivity contribution in [3.05, 3.63) is 23.7 Å². The Bertz CT molecular complexity index is 338. The number of amides is 1. The highest BCUT2D eigenvalue weighted by molar-refractivity contribution is 7.98. The summed E-state index contributed by atoms with van der Waals surface area (Å²) in [5.74, 6) is 2.37. The third-order valence-electron chi connectivity index (χ3n) is 2.20. The molecule has 0 aliphatic carbocycles. The summed E-state index contributed by atoms with van der Waals surface area (Å²) in [5, 5.41) is 2.75. The topological polar surface area (TPSA) is 68.3 Å². The van der Waals surface area contributed by atoms with Gasteiger partial charge in [0.1, 0.15) is 11.5 Å². The van der Waals surface area contributed by atoms with Crippen LogP contribution in [0.3, 0.4) is 0 Å². The molecule has 5 heteroatoms. The second-order valence-electron chi connectivity index (χ2n) is 3.62. The summed E-state index contributed by atoms with van der Waals surface area (Å²) in [4.78, 5) is 11.5. The Labute approximate surface area is 100.0 Å². The van der Waals surface area contributed by atoms with Gasteiger partial charge in [0.2, 0.25) is 5.91 Å². The Morgan fingerprint density at radius 1 is 1.62 bits per heavy atom. The molecule has 1 aromatic rings. The Kier molecular flexibility index (Phi) is 5.42. The van der Waals surface area contributed by atoms with Crippen LogP contribution in [0.25, 0.3) is 0 Å². The van der Waals surface area contributed by atoms with Gasteiger partial charge in [0.05, 0.1) is 12.6 Å². The lowest BCUT2D eigenvalue weighted by Crippen LogP contribution is -2.40. The van der Waals surface area contributed by atoms with Crippen molar-refractivity contribution in [2.24, 2.45) is 5.73 Å². The number of carbonyl (C=O) groups is 1. The lowest BCUT2D eigenvalue weighted by atomic mass is 10.2. The molecule has 0 aliphatic heterocycles. The Balaban J connectivity index is 2.29. The molecular weight excluding hydrogens is 224 g/mol. The first-order chi connectivity index (χ1) is 7.63. The largest absolute Gasteiger partial charge is 0.465 e. The summed E-state index contributed by atoms with van der Waals surface area (Å²) < 4.78 is 5.34. The van der Waals surface area contributed by atoms with Gasteiger partial charge in [0, 0.05) is 0 Å². The molecule has 1 aromatic heterocycles. The molecule has 1 rings (SSSR count). The van der Waals surface area contributed by atoms with Crippen LogP contribution in [-0.4, -0.2) is 24.0 Å². The number of hydrogen-bond acceptors (Lipinski definition) is 4. The lowest BCUT2D eigenvalue weighted by Gasteiger charge is -2.10. The molecule has 0 fully saturated rings. The number of carbonyl (C=O) groups excluding carboxylic acids is 1. The zero-order valence-electron chi connectivity index (χ0n) is 9.66. The molecule has 16 heavy (non-hydrogen) atoms. The van der Waals surface area contributed by atoms with Crippen LogP contribution in [0, 0.1) is 6.92 Å².